The highest BCUT2D eigenvalue weighted by Crippen LogP contribution is 2.01. The number of aliphatic hydroxyl groups is 1. The minimum absolute atomic E-state index is 0.124. The fourth-order valence-corrected chi connectivity index (χ4v) is 0.665. The van der Waals surface area contributed by atoms with Gasteiger partial charge >= 0.3 is 0 Å². The predicted molar refractivity (Wildman–Crippen MR) is 49.5 cm³/mol. The van der Waals surface area contributed by atoms with Gasteiger partial charge in [0, 0.05) is 13.0 Å². The molecule has 0 aromatic carbocycles. The Morgan fingerprint density at radius 3 is 2.23 bits per heavy atom. The smallest absolute Gasteiger partial charge is 0.156 e. The van der Waals surface area contributed by atoms with E-state index in [9.17, 15) is 5.11 Å². The molecule has 0 spiro atoms. The Morgan fingerprint density at radius 1 is 1.08 bits per heavy atom. The summed E-state index contributed by atoms with van der Waals surface area (Å²) < 4.78 is 15.0. The average Bonchev–Trinajstić information content (AvgIpc) is 2.10. The highest BCUT2D eigenvalue weighted by molar-refractivity contribution is 4.46. The molecule has 0 saturated carbocycles. The summed E-state index contributed by atoms with van der Waals surface area (Å²) in [7, 11) is 1.63. The number of rotatable bonds is 8. The van der Waals surface area contributed by atoms with Crippen molar-refractivity contribution in [2.45, 2.75) is 20.1 Å². The lowest BCUT2D eigenvalue weighted by Gasteiger charge is -2.14. The van der Waals surface area contributed by atoms with E-state index in [2.05, 4.69) is 0 Å². The van der Waals surface area contributed by atoms with Gasteiger partial charge in [0.05, 0.1) is 26.4 Å². The molecule has 80 valence electrons. The molecule has 0 saturated heterocycles. The Morgan fingerprint density at radius 2 is 1.69 bits per heavy atom. The van der Waals surface area contributed by atoms with E-state index >= 15 is 0 Å². The van der Waals surface area contributed by atoms with Crippen LogP contribution in [0.5, 0.6) is 0 Å². The number of ether oxygens (including phenoxy) is 3. The van der Waals surface area contributed by atoms with Crippen LogP contribution in [0.3, 0.4) is 0 Å². The van der Waals surface area contributed by atoms with Crippen LogP contribution >= 0.6 is 0 Å². The molecule has 0 radical (unpaired) electrons. The van der Waals surface area contributed by atoms with Gasteiger partial charge in [-0.25, -0.2) is 0 Å². The first kappa shape index (κ1) is 12.8. The van der Waals surface area contributed by atoms with Crippen LogP contribution in [-0.4, -0.2) is 44.9 Å². The number of hydrogen-bond acceptors (Lipinski definition) is 4. The van der Waals surface area contributed by atoms with Crippen LogP contribution in [0.1, 0.15) is 13.8 Å². The lowest BCUT2D eigenvalue weighted by atomic mass is 10.2. The van der Waals surface area contributed by atoms with E-state index in [1.54, 1.807) is 7.11 Å². The van der Waals surface area contributed by atoms with Gasteiger partial charge in [-0.2, -0.15) is 0 Å². The normalized spacial score (nSPS) is 13.6. The van der Waals surface area contributed by atoms with Gasteiger partial charge in [0.2, 0.25) is 0 Å². The molecule has 13 heavy (non-hydrogen) atoms. The second-order valence-corrected chi connectivity index (χ2v) is 3.11. The van der Waals surface area contributed by atoms with Crippen LogP contribution < -0.4 is 0 Å². The Kier molecular flexibility index (Phi) is 8.33. The molecule has 0 fully saturated rings. The molecule has 4 nitrogen and oxygen atoms in total. The van der Waals surface area contributed by atoms with Crippen LogP contribution in [0.25, 0.3) is 0 Å². The summed E-state index contributed by atoms with van der Waals surface area (Å²) in [5.41, 5.74) is 0. The molecule has 0 aliphatic carbocycles. The van der Waals surface area contributed by atoms with Crippen molar-refractivity contribution in [3.05, 3.63) is 0 Å². The average molecular weight is 192 g/mol. The van der Waals surface area contributed by atoms with Crippen molar-refractivity contribution in [3.63, 3.8) is 0 Å². The molecule has 0 aromatic heterocycles. The van der Waals surface area contributed by atoms with E-state index < -0.39 is 6.29 Å². The van der Waals surface area contributed by atoms with E-state index in [0.717, 1.165) is 0 Å². The molecule has 0 aliphatic heterocycles. The second-order valence-electron chi connectivity index (χ2n) is 3.11. The summed E-state index contributed by atoms with van der Waals surface area (Å²) >= 11 is 0. The Bertz CT molecular complexity index is 106. The highest BCUT2D eigenvalue weighted by Gasteiger charge is 2.07. The largest absolute Gasteiger partial charge is 0.382 e. The van der Waals surface area contributed by atoms with E-state index in [4.69, 9.17) is 14.2 Å². The van der Waals surface area contributed by atoms with Gasteiger partial charge in [-0.05, 0) is 0 Å². The zero-order chi connectivity index (χ0) is 10.1. The third-order valence-electron chi connectivity index (χ3n) is 1.52. The first-order valence-corrected chi connectivity index (χ1v) is 4.54. The zero-order valence-corrected chi connectivity index (χ0v) is 8.66. The molecule has 0 aromatic rings. The Balaban J connectivity index is 3.07. The van der Waals surface area contributed by atoms with E-state index in [1.165, 1.54) is 0 Å². The van der Waals surface area contributed by atoms with Gasteiger partial charge in [0.1, 0.15) is 0 Å². The van der Waals surface area contributed by atoms with Gasteiger partial charge in [0.25, 0.3) is 0 Å². The summed E-state index contributed by atoms with van der Waals surface area (Å²) in [6.45, 7) is 5.87. The summed E-state index contributed by atoms with van der Waals surface area (Å²) in [6.07, 6.45) is -0.689. The van der Waals surface area contributed by atoms with Gasteiger partial charge in [-0.15, -0.1) is 0 Å². The summed E-state index contributed by atoms with van der Waals surface area (Å²) in [4.78, 5) is 0. The molecule has 1 atom stereocenters. The fraction of sp³-hybridized carbons (Fsp3) is 1.00. The minimum atomic E-state index is -0.689. The summed E-state index contributed by atoms with van der Waals surface area (Å²) in [5.74, 6) is 0.124. The van der Waals surface area contributed by atoms with E-state index in [1.807, 2.05) is 13.8 Å². The molecule has 0 amide bonds. The van der Waals surface area contributed by atoms with E-state index in [-0.39, 0.29) is 5.92 Å². The number of aliphatic hydroxyl groups excluding tert-OH is 1. The topological polar surface area (TPSA) is 47.9 Å². The van der Waals surface area contributed by atoms with Crippen LogP contribution in [0, 0.1) is 5.92 Å². The van der Waals surface area contributed by atoms with Crippen LogP contribution in [0.4, 0.5) is 0 Å². The molecular formula is C9H20O4. The van der Waals surface area contributed by atoms with Crippen molar-refractivity contribution in [2.24, 2.45) is 5.92 Å². The first-order chi connectivity index (χ1) is 6.18. The molecule has 0 aliphatic rings. The van der Waals surface area contributed by atoms with Crippen molar-refractivity contribution in [1.82, 2.24) is 0 Å². The maximum atomic E-state index is 9.23. The zero-order valence-electron chi connectivity index (χ0n) is 8.66. The molecule has 0 bridgehead atoms. The maximum absolute atomic E-state index is 9.23. The third-order valence-corrected chi connectivity index (χ3v) is 1.52. The Labute approximate surface area is 79.8 Å². The standard InChI is InChI=1S/C9H20O4/c1-8(2)9(10)13-7-6-12-5-4-11-3/h8-10H,4-7H2,1-3H3. The minimum Gasteiger partial charge on any atom is -0.382 e. The van der Waals surface area contributed by atoms with Gasteiger partial charge in [-0.1, -0.05) is 13.8 Å². The van der Waals surface area contributed by atoms with Crippen molar-refractivity contribution in [1.29, 1.82) is 0 Å². The SMILES string of the molecule is COCCOCCOC(O)C(C)C. The number of hydrogen-bond donors (Lipinski definition) is 1. The quantitative estimate of drug-likeness (QED) is 0.453. The van der Waals surface area contributed by atoms with Crippen LogP contribution in [-0.2, 0) is 14.2 Å². The molecule has 0 heterocycles. The number of methoxy groups -OCH3 is 1. The maximum Gasteiger partial charge on any atom is 0.156 e. The van der Waals surface area contributed by atoms with Gasteiger partial charge in [0.15, 0.2) is 6.29 Å². The third kappa shape index (κ3) is 8.18. The molecular weight excluding hydrogens is 172 g/mol. The monoisotopic (exact) mass is 192 g/mol. The second kappa shape index (κ2) is 8.44. The predicted octanol–water partition coefficient (Wildman–Crippen LogP) is 0.640. The van der Waals surface area contributed by atoms with Gasteiger partial charge in [-0.3, -0.25) is 0 Å². The van der Waals surface area contributed by atoms with E-state index in [0.29, 0.717) is 26.4 Å². The van der Waals surface area contributed by atoms with Crippen molar-refractivity contribution < 1.29 is 19.3 Å². The lowest BCUT2D eigenvalue weighted by Crippen LogP contribution is -2.21. The van der Waals surface area contributed by atoms with Crippen molar-refractivity contribution in [3.8, 4) is 0 Å². The lowest BCUT2D eigenvalue weighted by molar-refractivity contribution is -0.137. The van der Waals surface area contributed by atoms with Crippen molar-refractivity contribution >= 4 is 0 Å². The molecule has 1 N–H and O–H groups in total. The van der Waals surface area contributed by atoms with Crippen molar-refractivity contribution in [2.75, 3.05) is 33.5 Å². The molecule has 1 unspecified atom stereocenters. The first-order valence-electron chi connectivity index (χ1n) is 4.54. The van der Waals surface area contributed by atoms with Gasteiger partial charge < -0.3 is 19.3 Å². The summed E-state index contributed by atoms with van der Waals surface area (Å²) in [6, 6.07) is 0. The van der Waals surface area contributed by atoms with Crippen LogP contribution in [0.15, 0.2) is 0 Å². The molecule has 4 heteroatoms. The van der Waals surface area contributed by atoms with Crippen LogP contribution in [0.2, 0.25) is 0 Å². The molecule has 0 rings (SSSR count). The fourth-order valence-electron chi connectivity index (χ4n) is 0.665. The Hall–Kier alpha value is -0.160. The summed E-state index contributed by atoms with van der Waals surface area (Å²) in [5, 5.41) is 9.23. The highest BCUT2D eigenvalue weighted by atomic mass is 16.6.